The topological polar surface area (TPSA) is 25.8 Å². The van der Waals surface area contributed by atoms with Gasteiger partial charge in [0.2, 0.25) is 0 Å². The van der Waals surface area contributed by atoms with Gasteiger partial charge in [0, 0.05) is 18.0 Å². The molecule has 1 heterocycles. The Morgan fingerprint density at radius 3 is 1.43 bits per heavy atom. The number of unbranched alkanes of at least 4 members (excludes halogenated alkanes) is 12. The van der Waals surface area contributed by atoms with Crippen LogP contribution < -0.4 is 0 Å². The van der Waals surface area contributed by atoms with Crippen LogP contribution in [0.3, 0.4) is 0 Å². The second-order valence-electron chi connectivity index (χ2n) is 8.85. The summed E-state index contributed by atoms with van der Waals surface area (Å²) in [7, 11) is 0. The second-order valence-corrected chi connectivity index (χ2v) is 8.85. The van der Waals surface area contributed by atoms with E-state index in [9.17, 15) is 0 Å². The fourth-order valence-electron chi connectivity index (χ4n) is 4.03. The third-order valence-electron chi connectivity index (χ3n) is 6.06. The van der Waals surface area contributed by atoms with Crippen LogP contribution in [0, 0.1) is 0 Å². The monoisotopic (exact) mass is 408 g/mol. The molecule has 0 saturated heterocycles. The highest BCUT2D eigenvalue weighted by Crippen LogP contribution is 2.18. The number of rotatable bonds is 17. The molecule has 0 aliphatic carbocycles. The van der Waals surface area contributed by atoms with Gasteiger partial charge in [0.05, 0.1) is 0 Å². The molecule has 0 spiro atoms. The summed E-state index contributed by atoms with van der Waals surface area (Å²) in [6, 6.07) is 8.86. The molecule has 2 aromatic rings. The molecule has 0 aliphatic heterocycles. The van der Waals surface area contributed by atoms with Crippen molar-refractivity contribution in [2.45, 2.75) is 117 Å². The van der Waals surface area contributed by atoms with E-state index in [0.717, 1.165) is 17.8 Å². The number of aryl methyl sites for hydroxylation is 2. The lowest BCUT2D eigenvalue weighted by atomic mass is 10.0. The zero-order chi connectivity index (χ0) is 21.3. The van der Waals surface area contributed by atoms with Crippen LogP contribution in [0.4, 0.5) is 0 Å². The van der Waals surface area contributed by atoms with Gasteiger partial charge in [0.1, 0.15) is 0 Å². The van der Waals surface area contributed by atoms with E-state index in [1.54, 1.807) is 0 Å². The quantitative estimate of drug-likeness (QED) is 0.244. The first-order chi connectivity index (χ1) is 14.8. The van der Waals surface area contributed by atoms with E-state index in [4.69, 9.17) is 0 Å². The molecule has 2 nitrogen and oxygen atoms in total. The summed E-state index contributed by atoms with van der Waals surface area (Å²) in [6.45, 7) is 4.55. The zero-order valence-corrected chi connectivity index (χ0v) is 19.7. The average Bonchev–Trinajstić information content (AvgIpc) is 2.79. The van der Waals surface area contributed by atoms with Crippen molar-refractivity contribution in [2.24, 2.45) is 0 Å². The van der Waals surface area contributed by atoms with Crippen molar-refractivity contribution >= 4 is 0 Å². The summed E-state index contributed by atoms with van der Waals surface area (Å²) in [5, 5.41) is 0. The van der Waals surface area contributed by atoms with Gasteiger partial charge in [0.15, 0.2) is 5.82 Å². The number of benzene rings is 1. The van der Waals surface area contributed by atoms with Crippen LogP contribution in [0.25, 0.3) is 11.4 Å². The Balaban J connectivity index is 1.65. The van der Waals surface area contributed by atoms with Crippen LogP contribution >= 0.6 is 0 Å². The van der Waals surface area contributed by atoms with E-state index in [1.807, 2.05) is 12.4 Å². The Kier molecular flexibility index (Phi) is 13.1. The molecule has 1 aromatic heterocycles. The first-order valence-corrected chi connectivity index (χ1v) is 12.7. The van der Waals surface area contributed by atoms with Gasteiger partial charge in [-0.05, 0) is 36.8 Å². The Morgan fingerprint density at radius 2 is 0.933 bits per heavy atom. The third-order valence-corrected chi connectivity index (χ3v) is 6.06. The van der Waals surface area contributed by atoms with Gasteiger partial charge in [-0.2, -0.15) is 0 Å². The average molecular weight is 409 g/mol. The Bertz CT molecular complexity index is 645. The summed E-state index contributed by atoms with van der Waals surface area (Å²) in [5.41, 5.74) is 3.82. The SMILES string of the molecule is CCCCCCCCCCc1cnc(-c2ccc(CCCCCCCC)cc2)nc1. The predicted molar refractivity (Wildman–Crippen MR) is 131 cm³/mol. The van der Waals surface area contributed by atoms with Gasteiger partial charge in [-0.1, -0.05) is 115 Å². The maximum atomic E-state index is 4.62. The molecule has 0 atom stereocenters. The van der Waals surface area contributed by atoms with Crippen LogP contribution in [-0.2, 0) is 12.8 Å². The van der Waals surface area contributed by atoms with E-state index in [1.165, 1.54) is 107 Å². The van der Waals surface area contributed by atoms with Gasteiger partial charge < -0.3 is 0 Å². The van der Waals surface area contributed by atoms with Crippen molar-refractivity contribution in [3.63, 3.8) is 0 Å². The molecule has 0 bridgehead atoms. The van der Waals surface area contributed by atoms with Crippen molar-refractivity contribution in [3.8, 4) is 11.4 Å². The molecule has 0 saturated carbocycles. The van der Waals surface area contributed by atoms with Gasteiger partial charge >= 0.3 is 0 Å². The summed E-state index contributed by atoms with van der Waals surface area (Å²) in [6.07, 6.45) is 25.3. The molecule has 30 heavy (non-hydrogen) atoms. The Hall–Kier alpha value is -1.70. The third kappa shape index (κ3) is 10.4. The maximum absolute atomic E-state index is 4.62. The molecule has 0 aliphatic rings. The predicted octanol–water partition coefficient (Wildman–Crippen LogP) is 8.73. The highest BCUT2D eigenvalue weighted by molar-refractivity contribution is 5.55. The van der Waals surface area contributed by atoms with Crippen LogP contribution in [0.2, 0.25) is 0 Å². The van der Waals surface area contributed by atoms with E-state index < -0.39 is 0 Å². The minimum Gasteiger partial charge on any atom is -0.236 e. The van der Waals surface area contributed by atoms with Gasteiger partial charge in [-0.3, -0.25) is 0 Å². The molecule has 1 aromatic carbocycles. The number of hydrogen-bond acceptors (Lipinski definition) is 2. The second kappa shape index (κ2) is 16.1. The Labute approximate surface area is 185 Å². The molecule has 0 unspecified atom stereocenters. The molecule has 0 amide bonds. The van der Waals surface area contributed by atoms with Crippen molar-refractivity contribution < 1.29 is 0 Å². The summed E-state index contributed by atoms with van der Waals surface area (Å²) in [5.74, 6) is 0.848. The van der Waals surface area contributed by atoms with Gasteiger partial charge in [-0.15, -0.1) is 0 Å². The highest BCUT2D eigenvalue weighted by Gasteiger charge is 2.03. The van der Waals surface area contributed by atoms with Gasteiger partial charge in [-0.25, -0.2) is 9.97 Å². The Morgan fingerprint density at radius 1 is 0.500 bits per heavy atom. The maximum Gasteiger partial charge on any atom is 0.159 e. The van der Waals surface area contributed by atoms with Crippen LogP contribution in [0.15, 0.2) is 36.7 Å². The van der Waals surface area contributed by atoms with Crippen molar-refractivity contribution in [1.82, 2.24) is 9.97 Å². The zero-order valence-electron chi connectivity index (χ0n) is 19.7. The lowest BCUT2D eigenvalue weighted by Gasteiger charge is -2.06. The molecular formula is C28H44N2. The smallest absolute Gasteiger partial charge is 0.159 e. The van der Waals surface area contributed by atoms with E-state index in [0.29, 0.717) is 0 Å². The van der Waals surface area contributed by atoms with Crippen molar-refractivity contribution in [2.75, 3.05) is 0 Å². The molecule has 166 valence electrons. The van der Waals surface area contributed by atoms with E-state index in [2.05, 4.69) is 48.1 Å². The number of hydrogen-bond donors (Lipinski definition) is 0. The van der Waals surface area contributed by atoms with E-state index >= 15 is 0 Å². The van der Waals surface area contributed by atoms with Crippen LogP contribution in [-0.4, -0.2) is 9.97 Å². The molecule has 0 N–H and O–H groups in total. The normalized spacial score (nSPS) is 11.1. The molecular weight excluding hydrogens is 364 g/mol. The van der Waals surface area contributed by atoms with E-state index in [-0.39, 0.29) is 0 Å². The van der Waals surface area contributed by atoms with Crippen LogP contribution in [0.5, 0.6) is 0 Å². The first kappa shape index (κ1) is 24.6. The van der Waals surface area contributed by atoms with Crippen LogP contribution in [0.1, 0.15) is 115 Å². The molecule has 2 heteroatoms. The molecule has 0 radical (unpaired) electrons. The fourth-order valence-corrected chi connectivity index (χ4v) is 4.03. The minimum absolute atomic E-state index is 0.848. The molecule has 0 fully saturated rings. The molecule has 2 rings (SSSR count). The van der Waals surface area contributed by atoms with Gasteiger partial charge in [0.25, 0.3) is 0 Å². The van der Waals surface area contributed by atoms with Crippen molar-refractivity contribution in [1.29, 1.82) is 0 Å². The largest absolute Gasteiger partial charge is 0.236 e. The fraction of sp³-hybridized carbons (Fsp3) is 0.643. The standard InChI is InChI=1S/C28H44N2/c1-3-5-7-9-11-12-14-16-18-26-23-29-28(30-24-26)27-21-19-25(20-22-27)17-15-13-10-8-6-4-2/h19-24H,3-18H2,1-2H3. The summed E-state index contributed by atoms with van der Waals surface area (Å²) < 4.78 is 0. The summed E-state index contributed by atoms with van der Waals surface area (Å²) in [4.78, 5) is 9.24. The minimum atomic E-state index is 0.848. The first-order valence-electron chi connectivity index (χ1n) is 12.7. The lowest BCUT2D eigenvalue weighted by Crippen LogP contribution is -1.94. The highest BCUT2D eigenvalue weighted by atomic mass is 14.9. The number of aromatic nitrogens is 2. The number of nitrogens with zero attached hydrogens (tertiary/aromatic N) is 2. The van der Waals surface area contributed by atoms with Crippen molar-refractivity contribution in [3.05, 3.63) is 47.8 Å². The summed E-state index contributed by atoms with van der Waals surface area (Å²) >= 11 is 0. The lowest BCUT2D eigenvalue weighted by molar-refractivity contribution is 0.575.